The van der Waals surface area contributed by atoms with Crippen LogP contribution >= 0.6 is 11.3 Å². The molecule has 0 aliphatic heterocycles. The number of carbonyl (C=O) groups is 1. The van der Waals surface area contributed by atoms with Gasteiger partial charge in [-0.1, -0.05) is 18.6 Å². The Hall–Kier alpha value is -1.75. The molecule has 19 heavy (non-hydrogen) atoms. The van der Waals surface area contributed by atoms with Gasteiger partial charge in [0.2, 0.25) is 0 Å². The summed E-state index contributed by atoms with van der Waals surface area (Å²) in [5.74, 6) is -0.758. The minimum atomic E-state index is -0.495. The molecule has 0 aliphatic rings. The highest BCUT2D eigenvalue weighted by Gasteiger charge is 2.14. The quantitative estimate of drug-likeness (QED) is 0.933. The van der Waals surface area contributed by atoms with E-state index in [9.17, 15) is 9.18 Å². The van der Waals surface area contributed by atoms with E-state index in [2.05, 4.69) is 10.3 Å². The highest BCUT2D eigenvalue weighted by Crippen LogP contribution is 2.17. The summed E-state index contributed by atoms with van der Waals surface area (Å²) in [7, 11) is 0. The molecule has 1 amide bonds. The van der Waals surface area contributed by atoms with Gasteiger partial charge in [-0.3, -0.25) is 4.79 Å². The van der Waals surface area contributed by atoms with E-state index >= 15 is 0 Å². The molecule has 1 unspecified atom stereocenters. The normalized spacial score (nSPS) is 12.2. The maximum Gasteiger partial charge on any atom is 0.254 e. The Morgan fingerprint density at radius 3 is 3.00 bits per heavy atom. The van der Waals surface area contributed by atoms with Gasteiger partial charge in [-0.25, -0.2) is 9.37 Å². The van der Waals surface area contributed by atoms with Crippen LogP contribution < -0.4 is 5.32 Å². The number of aromatic nitrogens is 1. The zero-order valence-electron chi connectivity index (χ0n) is 10.8. The van der Waals surface area contributed by atoms with Crippen molar-refractivity contribution in [2.45, 2.75) is 19.8 Å². The molecular formula is C14H15FN2OS. The summed E-state index contributed by atoms with van der Waals surface area (Å²) in [6.07, 6.45) is 1.73. The fraction of sp³-hybridized carbons (Fsp3) is 0.286. The van der Waals surface area contributed by atoms with E-state index < -0.39 is 5.82 Å². The predicted molar refractivity (Wildman–Crippen MR) is 74.0 cm³/mol. The highest BCUT2D eigenvalue weighted by atomic mass is 32.1. The van der Waals surface area contributed by atoms with Gasteiger partial charge in [0.25, 0.3) is 5.91 Å². The minimum Gasteiger partial charge on any atom is -0.351 e. The Bertz CT molecular complexity index is 569. The number of thiazole rings is 1. The molecule has 100 valence electrons. The summed E-state index contributed by atoms with van der Waals surface area (Å²) in [5, 5.41) is 5.60. The van der Waals surface area contributed by atoms with E-state index in [1.165, 1.54) is 6.07 Å². The van der Waals surface area contributed by atoms with Crippen LogP contribution in [0.15, 0.2) is 29.8 Å². The van der Waals surface area contributed by atoms with E-state index in [1.54, 1.807) is 29.7 Å². The van der Waals surface area contributed by atoms with Crippen molar-refractivity contribution in [2.24, 2.45) is 0 Å². The Labute approximate surface area is 115 Å². The number of aryl methyl sites for hydroxylation is 1. The van der Waals surface area contributed by atoms with Crippen molar-refractivity contribution >= 4 is 17.2 Å². The molecule has 3 nitrogen and oxygen atoms in total. The third-order valence-corrected chi connectivity index (χ3v) is 3.82. The molecule has 5 heteroatoms. The first-order chi connectivity index (χ1) is 9.08. The van der Waals surface area contributed by atoms with E-state index in [-0.39, 0.29) is 17.4 Å². The second-order valence-electron chi connectivity index (χ2n) is 4.46. The van der Waals surface area contributed by atoms with Gasteiger partial charge in [-0.15, -0.1) is 11.3 Å². The lowest BCUT2D eigenvalue weighted by atomic mass is 10.1. The van der Waals surface area contributed by atoms with Crippen LogP contribution in [-0.2, 0) is 0 Å². The van der Waals surface area contributed by atoms with Crippen LogP contribution in [0.4, 0.5) is 4.39 Å². The molecule has 1 aromatic heterocycles. The predicted octanol–water partition coefficient (Wildman–Crippen LogP) is 3.12. The molecule has 2 aromatic rings. The molecule has 1 aromatic carbocycles. The van der Waals surface area contributed by atoms with Crippen LogP contribution in [0.2, 0.25) is 0 Å². The van der Waals surface area contributed by atoms with Crippen molar-refractivity contribution in [2.75, 3.05) is 6.54 Å². The second-order valence-corrected chi connectivity index (χ2v) is 5.39. The van der Waals surface area contributed by atoms with Gasteiger partial charge < -0.3 is 5.32 Å². The van der Waals surface area contributed by atoms with E-state index in [4.69, 9.17) is 0 Å². The average molecular weight is 278 g/mol. The summed E-state index contributed by atoms with van der Waals surface area (Å²) in [6.45, 7) is 4.25. The van der Waals surface area contributed by atoms with Gasteiger partial charge >= 0.3 is 0 Å². The average Bonchev–Trinajstić information content (AvgIpc) is 2.92. The Morgan fingerprint density at radius 1 is 1.53 bits per heavy atom. The number of hydrogen-bond donors (Lipinski definition) is 1. The van der Waals surface area contributed by atoms with Crippen LogP contribution in [0.3, 0.4) is 0 Å². The number of amides is 1. The molecule has 0 saturated carbocycles. The van der Waals surface area contributed by atoms with Gasteiger partial charge in [0.1, 0.15) is 5.82 Å². The van der Waals surface area contributed by atoms with Crippen LogP contribution in [0.5, 0.6) is 0 Å². The van der Waals surface area contributed by atoms with Gasteiger partial charge in [0.05, 0.1) is 10.6 Å². The summed E-state index contributed by atoms with van der Waals surface area (Å²) in [6, 6.07) is 4.51. The van der Waals surface area contributed by atoms with Crippen molar-refractivity contribution in [3.8, 4) is 0 Å². The SMILES string of the molecule is Cc1ccc(F)c(C(=O)NCC(C)c2nccs2)c1. The van der Waals surface area contributed by atoms with Gasteiger partial charge in [0.15, 0.2) is 0 Å². The van der Waals surface area contributed by atoms with Gasteiger partial charge in [-0.05, 0) is 19.1 Å². The van der Waals surface area contributed by atoms with E-state index in [1.807, 2.05) is 19.2 Å². The lowest BCUT2D eigenvalue weighted by Crippen LogP contribution is -2.28. The Balaban J connectivity index is 2.00. The fourth-order valence-electron chi connectivity index (χ4n) is 1.72. The molecular weight excluding hydrogens is 263 g/mol. The number of halogens is 1. The van der Waals surface area contributed by atoms with Crippen molar-refractivity contribution in [1.29, 1.82) is 0 Å². The number of hydrogen-bond acceptors (Lipinski definition) is 3. The number of nitrogens with one attached hydrogen (secondary N) is 1. The zero-order chi connectivity index (χ0) is 13.8. The molecule has 0 saturated heterocycles. The van der Waals surface area contributed by atoms with Crippen LogP contribution in [0.25, 0.3) is 0 Å². The first kappa shape index (κ1) is 13.7. The summed E-state index contributed by atoms with van der Waals surface area (Å²) >= 11 is 1.55. The van der Waals surface area contributed by atoms with Crippen LogP contribution in [-0.4, -0.2) is 17.4 Å². The van der Waals surface area contributed by atoms with Crippen molar-refractivity contribution < 1.29 is 9.18 Å². The van der Waals surface area contributed by atoms with Crippen LogP contribution in [0.1, 0.15) is 33.8 Å². The number of nitrogens with zero attached hydrogens (tertiary/aromatic N) is 1. The number of rotatable bonds is 4. The topological polar surface area (TPSA) is 42.0 Å². The molecule has 2 rings (SSSR count). The fourth-order valence-corrected chi connectivity index (χ4v) is 2.42. The van der Waals surface area contributed by atoms with E-state index in [0.29, 0.717) is 6.54 Å². The van der Waals surface area contributed by atoms with Crippen molar-refractivity contribution in [3.05, 3.63) is 51.7 Å². The maximum absolute atomic E-state index is 13.5. The third kappa shape index (κ3) is 3.38. The first-order valence-electron chi connectivity index (χ1n) is 6.01. The number of benzene rings is 1. The molecule has 0 bridgehead atoms. The molecule has 0 fully saturated rings. The lowest BCUT2D eigenvalue weighted by molar-refractivity contribution is 0.0947. The third-order valence-electron chi connectivity index (χ3n) is 2.81. The van der Waals surface area contributed by atoms with E-state index in [0.717, 1.165) is 10.6 Å². The molecule has 0 aliphatic carbocycles. The highest BCUT2D eigenvalue weighted by molar-refractivity contribution is 7.09. The molecule has 1 atom stereocenters. The smallest absolute Gasteiger partial charge is 0.254 e. The zero-order valence-corrected chi connectivity index (χ0v) is 11.6. The molecule has 1 heterocycles. The molecule has 0 radical (unpaired) electrons. The molecule has 1 N–H and O–H groups in total. The van der Waals surface area contributed by atoms with Crippen molar-refractivity contribution in [1.82, 2.24) is 10.3 Å². The summed E-state index contributed by atoms with van der Waals surface area (Å²) < 4.78 is 13.5. The van der Waals surface area contributed by atoms with Crippen molar-refractivity contribution in [3.63, 3.8) is 0 Å². The van der Waals surface area contributed by atoms with Gasteiger partial charge in [0, 0.05) is 24.0 Å². The lowest BCUT2D eigenvalue weighted by Gasteiger charge is -2.11. The monoisotopic (exact) mass is 278 g/mol. The largest absolute Gasteiger partial charge is 0.351 e. The van der Waals surface area contributed by atoms with Crippen LogP contribution in [0, 0.1) is 12.7 Å². The molecule has 0 spiro atoms. The minimum absolute atomic E-state index is 0.0892. The summed E-state index contributed by atoms with van der Waals surface area (Å²) in [4.78, 5) is 16.1. The maximum atomic E-state index is 13.5. The first-order valence-corrected chi connectivity index (χ1v) is 6.89. The second kappa shape index (κ2) is 5.93. The summed E-state index contributed by atoms with van der Waals surface area (Å²) in [5.41, 5.74) is 0.950. The Morgan fingerprint density at radius 2 is 2.32 bits per heavy atom. The Kier molecular flexibility index (Phi) is 4.27. The van der Waals surface area contributed by atoms with Gasteiger partial charge in [-0.2, -0.15) is 0 Å². The standard InChI is InChI=1S/C14H15FN2OS/c1-9-3-4-12(15)11(7-9)13(18)17-8-10(2)14-16-5-6-19-14/h3-7,10H,8H2,1-2H3,(H,17,18). The number of carbonyl (C=O) groups excluding carboxylic acids is 1.